The van der Waals surface area contributed by atoms with Gasteiger partial charge in [0.2, 0.25) is 5.91 Å². The van der Waals surface area contributed by atoms with Gasteiger partial charge >= 0.3 is 7.82 Å². The Morgan fingerprint density at radius 2 is 2.09 bits per heavy atom. The Balaban J connectivity index is 3.72. The van der Waals surface area contributed by atoms with Crippen LogP contribution in [0.3, 0.4) is 0 Å². The maximum Gasteiger partial charge on any atom is 0.469 e. The Hall–Kier alpha value is -0.460. The molecule has 66 valence electrons. The average molecular weight is 185 g/mol. The van der Waals surface area contributed by atoms with Crippen LogP contribution in [0.4, 0.5) is 0 Å². The number of rotatable bonds is 4. The van der Waals surface area contributed by atoms with Crippen molar-refractivity contribution in [1.29, 1.82) is 0 Å². The van der Waals surface area contributed by atoms with Crippen molar-refractivity contribution in [2.45, 2.75) is 6.10 Å². The molecule has 5 N–H and O–H groups in total. The van der Waals surface area contributed by atoms with Gasteiger partial charge in [-0.2, -0.15) is 0 Å². The highest BCUT2D eigenvalue weighted by Gasteiger charge is 2.19. The van der Waals surface area contributed by atoms with Crippen molar-refractivity contribution in [1.82, 2.24) is 0 Å². The third kappa shape index (κ3) is 5.96. The normalized spacial score (nSPS) is 14.5. The number of carbonyl (C=O) groups excluding carboxylic acids is 1. The monoisotopic (exact) mass is 185 g/mol. The van der Waals surface area contributed by atoms with Crippen LogP contribution >= 0.6 is 7.82 Å². The molecule has 0 aromatic carbocycles. The van der Waals surface area contributed by atoms with E-state index in [1.54, 1.807) is 0 Å². The molecule has 11 heavy (non-hydrogen) atoms. The summed E-state index contributed by atoms with van der Waals surface area (Å²) >= 11 is 0. The van der Waals surface area contributed by atoms with Crippen LogP contribution in [-0.4, -0.2) is 33.5 Å². The number of phosphoric ester groups is 1. The molecule has 0 aromatic heterocycles. The summed E-state index contributed by atoms with van der Waals surface area (Å²) in [6.45, 7) is -0.806. The summed E-state index contributed by atoms with van der Waals surface area (Å²) in [7, 11) is -4.63. The Labute approximate surface area is 62.0 Å². The van der Waals surface area contributed by atoms with Gasteiger partial charge in [-0.15, -0.1) is 0 Å². The summed E-state index contributed by atoms with van der Waals surface area (Å²) in [4.78, 5) is 26.2. The van der Waals surface area contributed by atoms with Crippen molar-refractivity contribution in [3.63, 3.8) is 0 Å². The second-order valence-corrected chi connectivity index (χ2v) is 2.94. The number of phosphoric acid groups is 1. The van der Waals surface area contributed by atoms with E-state index in [9.17, 15) is 9.36 Å². The molecule has 0 aliphatic rings. The summed E-state index contributed by atoms with van der Waals surface area (Å²) in [5.41, 5.74) is 4.54. The number of aliphatic hydroxyl groups excluding tert-OH is 1. The van der Waals surface area contributed by atoms with Gasteiger partial charge in [0.15, 0.2) is 6.10 Å². The highest BCUT2D eigenvalue weighted by Crippen LogP contribution is 2.35. The fourth-order valence-corrected chi connectivity index (χ4v) is 0.585. The number of aliphatic hydroxyl groups is 1. The van der Waals surface area contributed by atoms with Gasteiger partial charge in [-0.25, -0.2) is 4.57 Å². The van der Waals surface area contributed by atoms with Crippen LogP contribution in [0.15, 0.2) is 0 Å². The van der Waals surface area contributed by atoms with Crippen molar-refractivity contribution in [2.75, 3.05) is 6.61 Å². The molecule has 1 atom stereocenters. The van der Waals surface area contributed by atoms with E-state index < -0.39 is 26.4 Å². The van der Waals surface area contributed by atoms with Crippen LogP contribution in [0.5, 0.6) is 0 Å². The Morgan fingerprint density at radius 1 is 1.64 bits per heavy atom. The summed E-state index contributed by atoms with van der Waals surface area (Å²) < 4.78 is 13.7. The molecule has 8 heteroatoms. The molecule has 0 radical (unpaired) electrons. The molecule has 7 nitrogen and oxygen atoms in total. The third-order valence-corrected chi connectivity index (χ3v) is 1.21. The first-order chi connectivity index (χ1) is 4.83. The second kappa shape index (κ2) is 3.80. The molecule has 0 saturated carbocycles. The van der Waals surface area contributed by atoms with Crippen LogP contribution in [-0.2, 0) is 13.9 Å². The molecule has 0 aromatic rings. The molecule has 0 fully saturated rings. The van der Waals surface area contributed by atoms with Crippen molar-refractivity contribution in [3.8, 4) is 0 Å². The quantitative estimate of drug-likeness (QED) is 0.372. The standard InChI is InChI=1S/C3H8NO6P/c4-3(6)2(5)1-10-11(7,8)9/h2,5H,1H2,(H2,4,6)(H2,7,8,9)/t2-/m0/s1. The van der Waals surface area contributed by atoms with Gasteiger partial charge in [-0.05, 0) is 0 Å². The maximum absolute atomic E-state index is 10.1. The van der Waals surface area contributed by atoms with E-state index >= 15 is 0 Å². The van der Waals surface area contributed by atoms with Crippen molar-refractivity contribution >= 4 is 13.7 Å². The van der Waals surface area contributed by atoms with E-state index in [4.69, 9.17) is 14.9 Å². The number of hydrogen-bond donors (Lipinski definition) is 4. The first kappa shape index (κ1) is 10.5. The topological polar surface area (TPSA) is 130 Å². The van der Waals surface area contributed by atoms with Gasteiger partial charge in [0, 0.05) is 0 Å². The summed E-state index contributed by atoms with van der Waals surface area (Å²) in [5, 5.41) is 8.55. The van der Waals surface area contributed by atoms with Crippen molar-refractivity contribution in [3.05, 3.63) is 0 Å². The van der Waals surface area contributed by atoms with E-state index in [1.807, 2.05) is 0 Å². The molecule has 0 bridgehead atoms. The summed E-state index contributed by atoms with van der Waals surface area (Å²) in [6, 6.07) is 0. The fourth-order valence-electron chi connectivity index (χ4n) is 0.250. The van der Waals surface area contributed by atoms with Gasteiger partial charge in [0.05, 0.1) is 6.61 Å². The Kier molecular flexibility index (Phi) is 3.64. The molecular formula is C3H8NO6P. The third-order valence-electron chi connectivity index (χ3n) is 0.729. The number of hydrogen-bond acceptors (Lipinski definition) is 4. The number of carbonyl (C=O) groups is 1. The number of nitrogens with two attached hydrogens (primary N) is 1. The van der Waals surface area contributed by atoms with E-state index in [0.717, 1.165) is 0 Å². The molecule has 0 aliphatic heterocycles. The van der Waals surface area contributed by atoms with Crippen LogP contribution in [0.1, 0.15) is 0 Å². The van der Waals surface area contributed by atoms with Gasteiger partial charge < -0.3 is 20.6 Å². The minimum Gasteiger partial charge on any atom is -0.381 e. The average Bonchev–Trinajstić information content (AvgIpc) is 1.80. The lowest BCUT2D eigenvalue weighted by Gasteiger charge is -2.07. The molecule has 0 spiro atoms. The molecule has 0 saturated heterocycles. The van der Waals surface area contributed by atoms with Gasteiger partial charge in [0.25, 0.3) is 0 Å². The zero-order chi connectivity index (χ0) is 9.07. The number of amides is 1. The largest absolute Gasteiger partial charge is 0.469 e. The first-order valence-corrected chi connectivity index (χ1v) is 4.03. The van der Waals surface area contributed by atoms with Crippen LogP contribution in [0.25, 0.3) is 0 Å². The highest BCUT2D eigenvalue weighted by molar-refractivity contribution is 7.46. The molecule has 0 aliphatic carbocycles. The van der Waals surface area contributed by atoms with E-state index in [2.05, 4.69) is 10.3 Å². The van der Waals surface area contributed by atoms with E-state index in [-0.39, 0.29) is 0 Å². The van der Waals surface area contributed by atoms with Crippen molar-refractivity contribution in [2.24, 2.45) is 5.73 Å². The lowest BCUT2D eigenvalue weighted by Crippen LogP contribution is -2.31. The summed E-state index contributed by atoms with van der Waals surface area (Å²) in [6.07, 6.45) is -1.69. The van der Waals surface area contributed by atoms with E-state index in [1.165, 1.54) is 0 Å². The smallest absolute Gasteiger partial charge is 0.381 e. The van der Waals surface area contributed by atoms with Crippen LogP contribution in [0.2, 0.25) is 0 Å². The predicted octanol–water partition coefficient (Wildman–Crippen LogP) is -2.06. The SMILES string of the molecule is NC(=O)[C@@H](O)COP(=O)(O)O. The Morgan fingerprint density at radius 3 is 2.36 bits per heavy atom. The van der Waals surface area contributed by atoms with Gasteiger partial charge in [-0.1, -0.05) is 0 Å². The molecule has 1 amide bonds. The van der Waals surface area contributed by atoms with Crippen LogP contribution in [0, 0.1) is 0 Å². The minimum atomic E-state index is -4.63. The maximum atomic E-state index is 10.1. The number of primary amides is 1. The molecule has 0 heterocycles. The molecule has 0 unspecified atom stereocenters. The lowest BCUT2D eigenvalue weighted by atomic mass is 10.4. The first-order valence-electron chi connectivity index (χ1n) is 2.50. The zero-order valence-electron chi connectivity index (χ0n) is 5.38. The predicted molar refractivity (Wildman–Crippen MR) is 33.2 cm³/mol. The van der Waals surface area contributed by atoms with E-state index in [0.29, 0.717) is 0 Å². The minimum absolute atomic E-state index is 0.806. The zero-order valence-corrected chi connectivity index (χ0v) is 6.27. The molecule has 0 rings (SSSR count). The second-order valence-electron chi connectivity index (χ2n) is 1.70. The van der Waals surface area contributed by atoms with Crippen LogP contribution < -0.4 is 5.73 Å². The van der Waals surface area contributed by atoms with Gasteiger partial charge in [0.1, 0.15) is 0 Å². The van der Waals surface area contributed by atoms with Gasteiger partial charge in [-0.3, -0.25) is 9.32 Å². The molecular weight excluding hydrogens is 177 g/mol. The van der Waals surface area contributed by atoms with Crippen molar-refractivity contribution < 1.29 is 28.8 Å². The lowest BCUT2D eigenvalue weighted by molar-refractivity contribution is -0.127. The highest BCUT2D eigenvalue weighted by atomic mass is 31.2. The Bertz CT molecular complexity index is 186. The fraction of sp³-hybridized carbons (Fsp3) is 0.667. The summed E-state index contributed by atoms with van der Waals surface area (Å²) in [5.74, 6) is -1.10.